The minimum atomic E-state index is -0.671. The number of halogens is 1. The van der Waals surface area contributed by atoms with Gasteiger partial charge in [-0.2, -0.15) is 0 Å². The van der Waals surface area contributed by atoms with E-state index in [1.54, 1.807) is 18.4 Å². The number of esters is 1. The molecule has 0 fully saturated rings. The number of allylic oxidation sites excluding steroid dienone is 1. The van der Waals surface area contributed by atoms with Gasteiger partial charge in [0, 0.05) is 15.6 Å². The molecule has 1 aliphatic heterocycles. The Hall–Kier alpha value is -2.97. The largest absolute Gasteiger partial charge is 0.507 e. The fourth-order valence-corrected chi connectivity index (χ4v) is 6.28. The van der Waals surface area contributed by atoms with Crippen molar-refractivity contribution in [3.63, 3.8) is 0 Å². The molecule has 0 radical (unpaired) electrons. The first kappa shape index (κ1) is 29.0. The zero-order valence-corrected chi connectivity index (χ0v) is 26.1. The lowest BCUT2D eigenvalue weighted by Gasteiger charge is -2.27. The topological polar surface area (TPSA) is 80.9 Å². The van der Waals surface area contributed by atoms with E-state index in [1.165, 1.54) is 11.3 Å². The van der Waals surface area contributed by atoms with Gasteiger partial charge in [0.05, 0.1) is 28.5 Å². The summed E-state index contributed by atoms with van der Waals surface area (Å²) in [6.45, 7) is 16.1. The van der Waals surface area contributed by atoms with Crippen LogP contribution in [-0.4, -0.2) is 22.2 Å². The van der Waals surface area contributed by atoms with E-state index in [2.05, 4.69) is 62.5 Å². The molecule has 1 atom stereocenters. The van der Waals surface area contributed by atoms with Gasteiger partial charge in [0.1, 0.15) is 5.75 Å². The summed E-state index contributed by atoms with van der Waals surface area (Å²) in [4.78, 5) is 32.3. The van der Waals surface area contributed by atoms with E-state index in [-0.39, 0.29) is 28.7 Å². The summed E-state index contributed by atoms with van der Waals surface area (Å²) in [5.74, 6) is -0.195. The number of phenolic OH excluding ortho intramolecular Hbond substituents is 1. The number of carbonyl (C=O) groups excluding carboxylic acids is 1. The van der Waals surface area contributed by atoms with Gasteiger partial charge in [-0.05, 0) is 66.1 Å². The number of aromatic hydroxyl groups is 1. The summed E-state index contributed by atoms with van der Waals surface area (Å²) in [5, 5.41) is 11.1. The molecule has 3 aromatic rings. The van der Waals surface area contributed by atoms with Crippen molar-refractivity contribution in [1.29, 1.82) is 0 Å². The molecule has 0 unspecified atom stereocenters. The highest BCUT2D eigenvalue weighted by Gasteiger charge is 2.33. The molecule has 4 rings (SSSR count). The van der Waals surface area contributed by atoms with Gasteiger partial charge in [-0.15, -0.1) is 0 Å². The van der Waals surface area contributed by atoms with Gasteiger partial charge in [-0.25, -0.2) is 9.79 Å². The first-order chi connectivity index (χ1) is 18.1. The zero-order valence-electron chi connectivity index (χ0n) is 23.7. The van der Waals surface area contributed by atoms with Crippen molar-refractivity contribution in [1.82, 2.24) is 4.57 Å². The molecule has 2 aromatic carbocycles. The van der Waals surface area contributed by atoms with Crippen molar-refractivity contribution in [3.8, 4) is 5.75 Å². The first-order valence-electron chi connectivity index (χ1n) is 13.0. The fraction of sp³-hybridized carbons (Fsp3) is 0.387. The third-order valence-corrected chi connectivity index (χ3v) is 8.20. The Bertz CT molecular complexity index is 1630. The van der Waals surface area contributed by atoms with Gasteiger partial charge >= 0.3 is 5.97 Å². The summed E-state index contributed by atoms with van der Waals surface area (Å²) in [7, 11) is 0. The molecule has 6 nitrogen and oxygen atoms in total. The number of benzene rings is 2. The molecule has 0 spiro atoms. The van der Waals surface area contributed by atoms with Crippen LogP contribution in [-0.2, 0) is 20.4 Å². The van der Waals surface area contributed by atoms with Gasteiger partial charge in [0.2, 0.25) is 0 Å². The number of hydrogen-bond acceptors (Lipinski definition) is 6. The second-order valence-electron chi connectivity index (χ2n) is 11.8. The van der Waals surface area contributed by atoms with E-state index >= 15 is 0 Å². The van der Waals surface area contributed by atoms with Crippen LogP contribution >= 0.6 is 27.3 Å². The lowest BCUT2D eigenvalue weighted by Crippen LogP contribution is -2.40. The zero-order chi connectivity index (χ0) is 28.9. The predicted molar refractivity (Wildman–Crippen MR) is 160 cm³/mol. The van der Waals surface area contributed by atoms with Crippen LogP contribution < -0.4 is 14.9 Å². The Labute approximate surface area is 241 Å². The normalized spacial score (nSPS) is 16.2. The molecule has 1 aromatic heterocycles. The van der Waals surface area contributed by atoms with E-state index < -0.39 is 12.0 Å². The highest BCUT2D eigenvalue weighted by molar-refractivity contribution is 9.10. The lowest BCUT2D eigenvalue weighted by molar-refractivity contribution is -0.139. The molecule has 8 heteroatoms. The highest BCUT2D eigenvalue weighted by Crippen LogP contribution is 2.40. The van der Waals surface area contributed by atoms with E-state index in [0.717, 1.165) is 26.7 Å². The summed E-state index contributed by atoms with van der Waals surface area (Å²) < 4.78 is 8.31. The monoisotopic (exact) mass is 610 g/mol. The van der Waals surface area contributed by atoms with Crippen LogP contribution in [0.15, 0.2) is 61.9 Å². The number of fused-ring (bicyclic) bond motifs is 1. The smallest absolute Gasteiger partial charge is 0.338 e. The Balaban J connectivity index is 2.00. The maximum absolute atomic E-state index is 14.0. The highest BCUT2D eigenvalue weighted by atomic mass is 79.9. The molecule has 0 saturated heterocycles. The van der Waals surface area contributed by atoms with Crippen molar-refractivity contribution in [2.24, 2.45) is 4.99 Å². The van der Waals surface area contributed by atoms with Crippen LogP contribution in [0.2, 0.25) is 0 Å². The number of carbonyl (C=O) groups is 1. The quantitative estimate of drug-likeness (QED) is 0.375. The van der Waals surface area contributed by atoms with E-state index in [4.69, 9.17) is 4.74 Å². The standard InChI is InChI=1S/C31H35BrN2O4S/c1-9-38-28(37)24-17(2)33-29-34(25(24)19-11-10-12-20(32)16-19)27(36)23(39-29)15-18-13-21(30(3,4)5)26(35)22(14-18)31(6,7)8/h10-16,25,35H,9H2,1-8H3/b23-15-/t25-/m0/s1. The number of hydrogen-bond donors (Lipinski definition) is 1. The Morgan fingerprint density at radius 1 is 1.13 bits per heavy atom. The van der Waals surface area contributed by atoms with Crippen molar-refractivity contribution < 1.29 is 14.6 Å². The molecule has 1 aliphatic rings. The summed E-state index contributed by atoms with van der Waals surface area (Å²) >= 11 is 4.81. The lowest BCUT2D eigenvalue weighted by atomic mass is 9.78. The Morgan fingerprint density at radius 2 is 1.74 bits per heavy atom. The third kappa shape index (κ3) is 5.68. The average molecular weight is 612 g/mol. The molecule has 0 saturated carbocycles. The van der Waals surface area contributed by atoms with Crippen LogP contribution in [0.3, 0.4) is 0 Å². The van der Waals surface area contributed by atoms with Crippen LogP contribution in [0.4, 0.5) is 0 Å². The van der Waals surface area contributed by atoms with Crippen molar-refractivity contribution >= 4 is 39.3 Å². The Morgan fingerprint density at radius 3 is 2.28 bits per heavy atom. The Kier molecular flexibility index (Phi) is 7.85. The molecule has 206 valence electrons. The van der Waals surface area contributed by atoms with Crippen LogP contribution in [0.5, 0.6) is 5.75 Å². The van der Waals surface area contributed by atoms with Gasteiger partial charge in [-0.3, -0.25) is 9.36 Å². The number of rotatable bonds is 4. The molecule has 2 heterocycles. The summed E-state index contributed by atoms with van der Waals surface area (Å²) in [6.07, 6.45) is 1.86. The van der Waals surface area contributed by atoms with Crippen LogP contribution in [0.1, 0.15) is 83.7 Å². The minimum Gasteiger partial charge on any atom is -0.507 e. The van der Waals surface area contributed by atoms with Crippen molar-refractivity contribution in [2.75, 3.05) is 6.61 Å². The molecule has 1 N–H and O–H groups in total. The third-order valence-electron chi connectivity index (χ3n) is 6.73. The molecule has 0 aliphatic carbocycles. The van der Waals surface area contributed by atoms with Gasteiger partial charge in [-0.1, -0.05) is 80.9 Å². The predicted octanol–water partition coefficient (Wildman–Crippen LogP) is 5.86. The van der Waals surface area contributed by atoms with Crippen molar-refractivity contribution in [3.05, 3.63) is 94.1 Å². The molecule has 0 bridgehead atoms. The fourth-order valence-electron chi connectivity index (χ4n) is 4.82. The molecule has 0 amide bonds. The van der Waals surface area contributed by atoms with Gasteiger partial charge in [0.15, 0.2) is 4.80 Å². The van der Waals surface area contributed by atoms with Gasteiger partial charge < -0.3 is 9.84 Å². The molecular formula is C31H35BrN2O4S. The SMILES string of the molecule is CCOC(=O)C1=C(C)N=c2s/c(=C\c3cc(C(C)(C)C)c(O)c(C(C)(C)C)c3)c(=O)n2[C@H]1c1cccc(Br)c1. The maximum atomic E-state index is 14.0. The van der Waals surface area contributed by atoms with E-state index in [0.29, 0.717) is 20.6 Å². The number of phenols is 1. The maximum Gasteiger partial charge on any atom is 0.338 e. The number of ether oxygens (including phenoxy) is 1. The molecule has 39 heavy (non-hydrogen) atoms. The van der Waals surface area contributed by atoms with Crippen molar-refractivity contribution in [2.45, 2.75) is 72.3 Å². The van der Waals surface area contributed by atoms with E-state index in [9.17, 15) is 14.7 Å². The summed E-state index contributed by atoms with van der Waals surface area (Å²) in [6, 6.07) is 10.8. The first-order valence-corrected chi connectivity index (χ1v) is 14.6. The van der Waals surface area contributed by atoms with E-state index in [1.807, 2.05) is 42.5 Å². The number of nitrogens with zero attached hydrogens (tertiary/aromatic N) is 2. The van der Waals surface area contributed by atoms with Crippen LogP contribution in [0, 0.1) is 0 Å². The van der Waals surface area contributed by atoms with Gasteiger partial charge in [0.25, 0.3) is 5.56 Å². The second-order valence-corrected chi connectivity index (χ2v) is 13.7. The molecular weight excluding hydrogens is 576 g/mol. The number of thiazole rings is 1. The summed E-state index contributed by atoms with van der Waals surface area (Å²) in [5.41, 5.74) is 3.30. The minimum absolute atomic E-state index is 0.221. The number of aromatic nitrogens is 1. The van der Waals surface area contributed by atoms with Crippen LogP contribution in [0.25, 0.3) is 6.08 Å². The second kappa shape index (κ2) is 10.5. The average Bonchev–Trinajstić information content (AvgIpc) is 3.12.